The molecule has 0 aliphatic carbocycles. The topological polar surface area (TPSA) is 90.0 Å². The number of hydrogen-bond acceptors (Lipinski definition) is 4. The van der Waals surface area contributed by atoms with Crippen LogP contribution in [0.5, 0.6) is 0 Å². The fourth-order valence-electron chi connectivity index (χ4n) is 2.24. The summed E-state index contributed by atoms with van der Waals surface area (Å²) in [4.78, 5) is 27.0. The average Bonchev–Trinajstić information content (AvgIpc) is 2.83. The zero-order valence-electron chi connectivity index (χ0n) is 12.5. The van der Waals surface area contributed by atoms with E-state index in [1.54, 1.807) is 30.9 Å². The number of nitrogens with zero attached hydrogens (tertiary/aromatic N) is 4. The third-order valence-electron chi connectivity index (χ3n) is 3.37. The minimum atomic E-state index is -0.953. The number of carboxylic acid groups (broad SMARTS) is 1. The number of aliphatic carboxylic acids is 1. The lowest BCUT2D eigenvalue weighted by Gasteiger charge is -2.13. The summed E-state index contributed by atoms with van der Waals surface area (Å²) >= 11 is 0. The van der Waals surface area contributed by atoms with Crippen LogP contribution >= 0.6 is 0 Å². The van der Waals surface area contributed by atoms with Gasteiger partial charge in [-0.25, -0.2) is 4.79 Å². The summed E-state index contributed by atoms with van der Waals surface area (Å²) in [6.45, 7) is 7.33. The number of aryl methyl sites for hydroxylation is 1. The van der Waals surface area contributed by atoms with Crippen LogP contribution in [0.1, 0.15) is 36.8 Å². The smallest absolute Gasteiger partial charge is 0.352 e. The lowest BCUT2D eigenvalue weighted by molar-refractivity contribution is -0.136. The van der Waals surface area contributed by atoms with Crippen molar-refractivity contribution in [3.63, 3.8) is 0 Å². The van der Waals surface area contributed by atoms with E-state index >= 15 is 0 Å². The largest absolute Gasteiger partial charge is 0.481 e. The van der Waals surface area contributed by atoms with Crippen molar-refractivity contribution in [2.24, 2.45) is 0 Å². The van der Waals surface area contributed by atoms with Crippen LogP contribution in [-0.4, -0.2) is 30.4 Å². The van der Waals surface area contributed by atoms with Crippen molar-refractivity contribution in [1.29, 1.82) is 0 Å². The van der Waals surface area contributed by atoms with Crippen molar-refractivity contribution < 1.29 is 9.90 Å². The summed E-state index contributed by atoms with van der Waals surface area (Å²) in [6.07, 6.45) is 3.17. The molecule has 2 heterocycles. The highest BCUT2D eigenvalue weighted by molar-refractivity contribution is 5.71. The van der Waals surface area contributed by atoms with E-state index < -0.39 is 11.7 Å². The highest BCUT2D eigenvalue weighted by Crippen LogP contribution is 2.15. The molecule has 0 radical (unpaired) electrons. The second-order valence-corrected chi connectivity index (χ2v) is 5.22. The Bertz CT molecular complexity index is 743. The Kier molecular flexibility index (Phi) is 3.93. The standard InChI is InChI=1S/C14H18N4O3/c1-8(2)17-7-11(6-15-17)18-10(4)12(5-13(19)20)9(3)16-14(18)21/h6-8H,5H2,1-4H3,(H,19,20). The Balaban J connectivity index is 2.62. The van der Waals surface area contributed by atoms with Crippen LogP contribution in [0, 0.1) is 13.8 Å². The van der Waals surface area contributed by atoms with E-state index in [1.807, 2.05) is 13.8 Å². The molecule has 0 aromatic carbocycles. The predicted octanol–water partition coefficient (Wildman–Crippen LogP) is 1.25. The number of carboxylic acids is 1. The van der Waals surface area contributed by atoms with Gasteiger partial charge < -0.3 is 5.11 Å². The number of aromatic nitrogens is 4. The predicted molar refractivity (Wildman–Crippen MR) is 76.8 cm³/mol. The first-order valence-corrected chi connectivity index (χ1v) is 6.66. The van der Waals surface area contributed by atoms with Crippen molar-refractivity contribution in [2.75, 3.05) is 0 Å². The zero-order valence-corrected chi connectivity index (χ0v) is 12.5. The van der Waals surface area contributed by atoms with Crippen molar-refractivity contribution >= 4 is 5.97 Å². The highest BCUT2D eigenvalue weighted by Gasteiger charge is 2.16. The zero-order chi connectivity index (χ0) is 15.7. The van der Waals surface area contributed by atoms with E-state index in [2.05, 4.69) is 10.1 Å². The highest BCUT2D eigenvalue weighted by atomic mass is 16.4. The van der Waals surface area contributed by atoms with Gasteiger partial charge in [0.1, 0.15) is 0 Å². The minimum absolute atomic E-state index is 0.163. The van der Waals surface area contributed by atoms with Crippen molar-refractivity contribution in [2.45, 2.75) is 40.2 Å². The molecule has 0 spiro atoms. The van der Waals surface area contributed by atoms with Gasteiger partial charge in [0.15, 0.2) is 0 Å². The molecule has 0 aliphatic rings. The minimum Gasteiger partial charge on any atom is -0.481 e. The molecular weight excluding hydrogens is 272 g/mol. The fourth-order valence-corrected chi connectivity index (χ4v) is 2.24. The lowest BCUT2D eigenvalue weighted by Crippen LogP contribution is -2.27. The maximum absolute atomic E-state index is 12.1. The normalized spacial score (nSPS) is 11.1. The van der Waals surface area contributed by atoms with Gasteiger partial charge in [-0.15, -0.1) is 0 Å². The maximum Gasteiger partial charge on any atom is 0.352 e. The van der Waals surface area contributed by atoms with Crippen LogP contribution in [0.2, 0.25) is 0 Å². The molecule has 21 heavy (non-hydrogen) atoms. The monoisotopic (exact) mass is 290 g/mol. The number of rotatable bonds is 4. The first kappa shape index (κ1) is 15.0. The summed E-state index contributed by atoms with van der Waals surface area (Å²) in [5, 5.41) is 13.2. The molecule has 7 heteroatoms. The Morgan fingerprint density at radius 1 is 1.38 bits per heavy atom. The average molecular weight is 290 g/mol. The molecule has 0 saturated carbocycles. The van der Waals surface area contributed by atoms with Crippen LogP contribution in [0.3, 0.4) is 0 Å². The van der Waals surface area contributed by atoms with E-state index in [0.717, 1.165) is 0 Å². The third-order valence-corrected chi connectivity index (χ3v) is 3.37. The Hall–Kier alpha value is -2.44. The van der Waals surface area contributed by atoms with E-state index in [-0.39, 0.29) is 12.5 Å². The Morgan fingerprint density at radius 3 is 2.57 bits per heavy atom. The van der Waals surface area contributed by atoms with Crippen LogP contribution in [0.4, 0.5) is 0 Å². The van der Waals surface area contributed by atoms with E-state index in [1.165, 1.54) is 4.57 Å². The molecule has 0 unspecified atom stereocenters. The Labute approximate surface area is 121 Å². The van der Waals surface area contributed by atoms with Gasteiger partial charge in [0.05, 0.1) is 18.3 Å². The second kappa shape index (κ2) is 5.51. The maximum atomic E-state index is 12.1. The summed E-state index contributed by atoms with van der Waals surface area (Å²) in [5.41, 5.74) is 1.75. The molecule has 0 saturated heterocycles. The van der Waals surface area contributed by atoms with Crippen molar-refractivity contribution in [3.8, 4) is 5.69 Å². The van der Waals surface area contributed by atoms with Gasteiger partial charge in [-0.2, -0.15) is 10.1 Å². The SMILES string of the molecule is Cc1nc(=O)n(-c2cnn(C(C)C)c2)c(C)c1CC(=O)O. The fraction of sp³-hybridized carbons (Fsp3) is 0.429. The summed E-state index contributed by atoms with van der Waals surface area (Å²) in [5.74, 6) is -0.953. The molecule has 0 atom stereocenters. The molecule has 2 aromatic heterocycles. The van der Waals surface area contributed by atoms with Crippen LogP contribution < -0.4 is 5.69 Å². The van der Waals surface area contributed by atoms with Crippen LogP contribution in [-0.2, 0) is 11.2 Å². The molecule has 112 valence electrons. The lowest BCUT2D eigenvalue weighted by atomic mass is 10.1. The van der Waals surface area contributed by atoms with Gasteiger partial charge in [0.2, 0.25) is 0 Å². The van der Waals surface area contributed by atoms with Crippen LogP contribution in [0.15, 0.2) is 17.2 Å². The molecule has 2 rings (SSSR count). The quantitative estimate of drug-likeness (QED) is 0.915. The molecule has 2 aromatic rings. The van der Waals surface area contributed by atoms with Crippen LogP contribution in [0.25, 0.3) is 5.69 Å². The molecule has 0 amide bonds. The van der Waals surface area contributed by atoms with Gasteiger partial charge >= 0.3 is 11.7 Å². The molecule has 0 fully saturated rings. The van der Waals surface area contributed by atoms with Gasteiger partial charge in [-0.3, -0.25) is 14.0 Å². The molecule has 0 aliphatic heterocycles. The molecule has 7 nitrogen and oxygen atoms in total. The summed E-state index contributed by atoms with van der Waals surface area (Å²) < 4.78 is 3.13. The molecule has 1 N–H and O–H groups in total. The Morgan fingerprint density at radius 2 is 2.05 bits per heavy atom. The third kappa shape index (κ3) is 2.86. The summed E-state index contributed by atoms with van der Waals surface area (Å²) in [7, 11) is 0. The van der Waals surface area contributed by atoms with Gasteiger partial charge in [-0.05, 0) is 27.7 Å². The summed E-state index contributed by atoms with van der Waals surface area (Å²) in [6, 6.07) is 0.173. The van der Waals surface area contributed by atoms with Crippen molar-refractivity contribution in [1.82, 2.24) is 19.3 Å². The van der Waals surface area contributed by atoms with E-state index in [4.69, 9.17) is 5.11 Å². The van der Waals surface area contributed by atoms with Gasteiger partial charge in [-0.1, -0.05) is 0 Å². The van der Waals surface area contributed by atoms with E-state index in [9.17, 15) is 9.59 Å². The van der Waals surface area contributed by atoms with Crippen molar-refractivity contribution in [3.05, 3.63) is 39.8 Å². The van der Waals surface area contributed by atoms with E-state index in [0.29, 0.717) is 22.6 Å². The van der Waals surface area contributed by atoms with Gasteiger partial charge in [0, 0.05) is 29.2 Å². The van der Waals surface area contributed by atoms with Gasteiger partial charge in [0.25, 0.3) is 0 Å². The number of carbonyl (C=O) groups is 1. The second-order valence-electron chi connectivity index (χ2n) is 5.22. The molecule has 0 bridgehead atoms. The number of hydrogen-bond donors (Lipinski definition) is 1. The first-order valence-electron chi connectivity index (χ1n) is 6.66. The first-order chi connectivity index (χ1) is 9.81. The molecular formula is C14H18N4O3.